The number of para-hydroxylation sites is 4. The standard InChI is InChI=1S/C108H82BN5/c1-106(2,3)69-49-54-94-86(57-69)87-58-70(107(4,5)6)50-55-95(87)111(94)73-61-88-85-56-68(65-30-13-10-14-31-65)48-53-96(85)113-99-64-98-100(82-44-29-43-81-77-39-22-20-37-75(77)74-36-19-21-38-76(74)78-40-23-28-47-93(78)112(98)102(81)82)105-101(99)109(90(62-73)104(88)113)89-52-51-72(110-91-45-26-24-41-79(91)80-42-25-27-46-92(80)110)63-97(89)114(105)103-83(66-32-15-11-16-33-66)59-71(108(7,8)9)60-84(103)67-34-17-12-18-35-67/h10-64H,1-9H3/i10D,13D,14D,24D,25D,26D,27D,30D,31D,41D,42D,45D,46D. The zero-order chi connectivity index (χ0) is 87.8. The molecule has 16 aromatic carbocycles. The summed E-state index contributed by atoms with van der Waals surface area (Å²) in [5.74, 6) is 0. The number of anilines is 3. The number of nitrogens with zero attached hydrogens (tertiary/aromatic N) is 5. The molecule has 0 spiro atoms. The lowest BCUT2D eigenvalue weighted by Gasteiger charge is -2.43. The highest BCUT2D eigenvalue weighted by atomic mass is 15.2. The number of fused-ring (bicyclic) bond motifs is 24. The molecule has 0 bridgehead atoms. The van der Waals surface area contributed by atoms with Crippen LogP contribution in [0.1, 0.15) is 96.8 Å². The fraction of sp³-hybridized carbons (Fsp3) is 0.111. The summed E-state index contributed by atoms with van der Waals surface area (Å²) in [5.41, 5.74) is 20.0. The monoisotopic (exact) mass is 1470 g/mol. The van der Waals surface area contributed by atoms with E-state index in [4.69, 9.17) is 1.37 Å². The molecule has 114 heavy (non-hydrogen) atoms. The van der Waals surface area contributed by atoms with Gasteiger partial charge in [0.05, 0.1) is 73.3 Å². The number of hydrogen-bond donors (Lipinski definition) is 0. The summed E-state index contributed by atoms with van der Waals surface area (Å²) in [5, 5.41) is 11.7. The van der Waals surface area contributed by atoms with Crippen molar-refractivity contribution in [2.24, 2.45) is 0 Å². The maximum absolute atomic E-state index is 10.1. The van der Waals surface area contributed by atoms with Crippen molar-refractivity contribution in [3.8, 4) is 50.4 Å². The molecular weight excluding hydrogens is 1380 g/mol. The minimum Gasteiger partial charge on any atom is -0.310 e. The van der Waals surface area contributed by atoms with Gasteiger partial charge < -0.3 is 23.0 Å². The third kappa shape index (κ3) is 9.55. The van der Waals surface area contributed by atoms with Crippen LogP contribution in [-0.4, -0.2) is 24.8 Å². The number of hydrogen-bond acceptors (Lipinski definition) is 1. The fourth-order valence-electron chi connectivity index (χ4n) is 19.3. The van der Waals surface area contributed by atoms with E-state index in [1.165, 1.54) is 11.1 Å². The zero-order valence-corrected chi connectivity index (χ0v) is 64.6. The molecule has 0 radical (unpaired) electrons. The normalized spacial score (nSPS) is 14.7. The molecule has 0 saturated heterocycles. The van der Waals surface area contributed by atoms with Crippen molar-refractivity contribution in [1.82, 2.24) is 18.1 Å². The van der Waals surface area contributed by atoms with Crippen LogP contribution < -0.4 is 21.3 Å². The summed E-state index contributed by atoms with van der Waals surface area (Å²) < 4.78 is 133. The van der Waals surface area contributed by atoms with Gasteiger partial charge in [-0.25, -0.2) is 0 Å². The van der Waals surface area contributed by atoms with Crippen LogP contribution in [0, 0.1) is 0 Å². The van der Waals surface area contributed by atoms with E-state index in [0.29, 0.717) is 16.9 Å². The first kappa shape index (κ1) is 54.3. The molecular formula is C108H82BN5. The topological polar surface area (TPSA) is 22.4 Å². The molecule has 0 saturated carbocycles. The number of rotatable bonds is 6. The van der Waals surface area contributed by atoms with Crippen molar-refractivity contribution in [3.63, 3.8) is 0 Å². The van der Waals surface area contributed by atoms with Gasteiger partial charge in [0.15, 0.2) is 0 Å². The first-order valence-electron chi connectivity index (χ1n) is 45.9. The van der Waals surface area contributed by atoms with Crippen molar-refractivity contribution in [2.45, 2.75) is 78.6 Å². The van der Waals surface area contributed by atoms with Crippen LogP contribution in [0.3, 0.4) is 0 Å². The van der Waals surface area contributed by atoms with Crippen molar-refractivity contribution in [1.29, 1.82) is 0 Å². The summed E-state index contributed by atoms with van der Waals surface area (Å²) in [7, 11) is 0. The molecule has 0 unspecified atom stereocenters. The summed E-state index contributed by atoms with van der Waals surface area (Å²) >= 11 is 0. The lowest BCUT2D eigenvalue weighted by atomic mass is 9.33. The predicted molar refractivity (Wildman–Crippen MR) is 489 cm³/mol. The van der Waals surface area contributed by atoms with Gasteiger partial charge in [0.25, 0.3) is 6.71 Å². The molecule has 542 valence electrons. The summed E-state index contributed by atoms with van der Waals surface area (Å²) in [6.45, 7) is 19.5. The Balaban J connectivity index is 0.996. The van der Waals surface area contributed by atoms with Crippen molar-refractivity contribution in [3.05, 3.63) is 350 Å². The van der Waals surface area contributed by atoms with E-state index in [-0.39, 0.29) is 50.3 Å². The third-order valence-corrected chi connectivity index (χ3v) is 24.6. The van der Waals surface area contributed by atoms with Crippen LogP contribution in [0.2, 0.25) is 0 Å². The van der Waals surface area contributed by atoms with Crippen molar-refractivity contribution >= 4 is 165 Å². The minimum atomic E-state index is -0.732. The second kappa shape index (κ2) is 24.1. The van der Waals surface area contributed by atoms with Gasteiger partial charge >= 0.3 is 0 Å². The second-order valence-electron chi connectivity index (χ2n) is 34.2. The maximum Gasteiger partial charge on any atom is 0.252 e. The quantitative estimate of drug-likeness (QED) is 0.152. The molecule has 7 heterocycles. The molecule has 0 atom stereocenters. The predicted octanol–water partition coefficient (Wildman–Crippen LogP) is 27.1. The van der Waals surface area contributed by atoms with Gasteiger partial charge in [-0.1, -0.05) is 299 Å². The molecule has 5 nitrogen and oxygen atoms in total. The molecule has 5 aromatic heterocycles. The highest BCUT2D eigenvalue weighted by molar-refractivity contribution is 7.00. The Kier molecular flexibility index (Phi) is 11.5. The van der Waals surface area contributed by atoms with Gasteiger partial charge in [0.2, 0.25) is 0 Å². The molecule has 23 rings (SSSR count). The summed E-state index contributed by atoms with van der Waals surface area (Å²) in [6, 6.07) is 85.6. The number of aromatic nitrogens is 4. The van der Waals surface area contributed by atoms with Crippen LogP contribution in [0.15, 0.2) is 333 Å². The van der Waals surface area contributed by atoms with Gasteiger partial charge in [0, 0.05) is 93.3 Å². The summed E-state index contributed by atoms with van der Waals surface area (Å²) in [4.78, 5) is 2.48. The van der Waals surface area contributed by atoms with Gasteiger partial charge in [-0.2, -0.15) is 0 Å². The Morgan fingerprint density at radius 3 is 1.39 bits per heavy atom. The van der Waals surface area contributed by atoms with Gasteiger partial charge in [-0.05, 0) is 190 Å². The molecule has 21 aromatic rings. The zero-order valence-electron chi connectivity index (χ0n) is 77.6. The molecule has 2 aliphatic rings. The molecule has 6 heteroatoms. The van der Waals surface area contributed by atoms with Crippen molar-refractivity contribution < 1.29 is 17.8 Å². The Labute approximate surface area is 681 Å². The lowest BCUT2D eigenvalue weighted by molar-refractivity contribution is 0.590. The Bertz CT molecular complexity index is 8400. The molecule has 0 aliphatic carbocycles. The third-order valence-electron chi connectivity index (χ3n) is 24.6. The average molecular weight is 1470 g/mol. The molecule has 0 N–H and O–H groups in total. The Morgan fingerprint density at radius 2 is 0.781 bits per heavy atom. The molecule has 0 fully saturated rings. The first-order chi connectivity index (χ1) is 60.9. The van der Waals surface area contributed by atoms with Crippen LogP contribution in [-0.2, 0) is 16.2 Å². The highest BCUT2D eigenvalue weighted by Crippen LogP contribution is 2.56. The van der Waals surface area contributed by atoms with Gasteiger partial charge in [-0.15, -0.1) is 0 Å². The van der Waals surface area contributed by atoms with E-state index in [1.54, 1.807) is 4.57 Å². The second-order valence-corrected chi connectivity index (χ2v) is 34.2. The summed E-state index contributed by atoms with van der Waals surface area (Å²) in [6.07, 6.45) is 0. The smallest absolute Gasteiger partial charge is 0.252 e. The Hall–Kier alpha value is -13.4. The largest absolute Gasteiger partial charge is 0.310 e. The fourth-order valence-corrected chi connectivity index (χ4v) is 19.3. The average Bonchev–Trinajstić information content (AvgIpc) is 1.55. The van der Waals surface area contributed by atoms with E-state index in [0.717, 1.165) is 170 Å². The van der Waals surface area contributed by atoms with E-state index in [2.05, 4.69) is 305 Å². The molecule has 2 aliphatic heterocycles. The van der Waals surface area contributed by atoms with E-state index >= 15 is 0 Å². The van der Waals surface area contributed by atoms with Gasteiger partial charge in [-0.3, -0.25) is 0 Å². The van der Waals surface area contributed by atoms with E-state index in [1.807, 2.05) is 30.3 Å². The number of benzene rings is 16. The van der Waals surface area contributed by atoms with E-state index < -0.39 is 78.6 Å². The lowest BCUT2D eigenvalue weighted by Crippen LogP contribution is -2.60. The van der Waals surface area contributed by atoms with Crippen LogP contribution in [0.5, 0.6) is 0 Å². The Morgan fingerprint density at radius 1 is 0.272 bits per heavy atom. The van der Waals surface area contributed by atoms with Gasteiger partial charge in [0.1, 0.15) is 0 Å². The SMILES string of the molecule is [2H]c1c([2H])c([2H])c(-c2ccc3c(c2)c2cc(-n4c5ccc(C(C)(C)C)cc5c5cc(C(C)(C)C)ccc54)cc4c2n3-c2cc3c(c5c2B4c2ccc(-n4c6c([2H])c([2H])c([2H])c([2H])c6c6c([2H])c([2H])c([2H])c([2H])c64)cc2N5c2c(-c4ccccc4)cc(C(C)(C)C)cc2-c2ccccc2)c2cccc4c5ccccc5c5ccccc5c5ccccc5n3c42)c([2H])c1[2H]. The minimum absolute atomic E-state index is 0.0163. The first-order valence-corrected chi connectivity index (χ1v) is 39.4. The van der Waals surface area contributed by atoms with Crippen LogP contribution in [0.4, 0.5) is 17.1 Å². The van der Waals surface area contributed by atoms with E-state index in [9.17, 15) is 16.4 Å². The van der Waals surface area contributed by atoms with Crippen molar-refractivity contribution in [2.75, 3.05) is 4.90 Å². The molecule has 0 amide bonds. The van der Waals surface area contributed by atoms with Crippen LogP contribution >= 0.6 is 0 Å². The van der Waals surface area contributed by atoms with Crippen LogP contribution in [0.25, 0.3) is 176 Å². The maximum atomic E-state index is 10.1. The highest BCUT2D eigenvalue weighted by Gasteiger charge is 2.46.